The predicted octanol–water partition coefficient (Wildman–Crippen LogP) is -0.947. The summed E-state index contributed by atoms with van der Waals surface area (Å²) in [6, 6.07) is 0. The molecular weight excluding hydrogens is 212 g/mol. The molecule has 0 aromatic carbocycles. The molecule has 0 bridgehead atoms. The van der Waals surface area contributed by atoms with Gasteiger partial charge in [-0.1, -0.05) is 5.21 Å². The number of ether oxygens (including phenoxy) is 2. The Morgan fingerprint density at radius 3 is 3.38 bits per heavy atom. The third-order valence-corrected chi connectivity index (χ3v) is 2.33. The lowest BCUT2D eigenvalue weighted by Crippen LogP contribution is -2.40. The fraction of sp³-hybridized carbons (Fsp3) is 0.667. The molecule has 1 N–H and O–H groups in total. The average Bonchev–Trinajstić information content (AvgIpc) is 2.78. The molecule has 2 heterocycles. The van der Waals surface area contributed by atoms with Gasteiger partial charge in [0.25, 0.3) is 0 Å². The van der Waals surface area contributed by atoms with Crippen LogP contribution in [0.3, 0.4) is 0 Å². The van der Waals surface area contributed by atoms with Crippen LogP contribution >= 0.6 is 0 Å². The molecule has 0 aliphatic carbocycles. The number of nitrogens with zero attached hydrogens (tertiary/aromatic N) is 3. The van der Waals surface area contributed by atoms with E-state index in [-0.39, 0.29) is 11.8 Å². The van der Waals surface area contributed by atoms with Crippen LogP contribution in [-0.2, 0) is 16.0 Å². The fourth-order valence-electron chi connectivity index (χ4n) is 1.53. The van der Waals surface area contributed by atoms with Gasteiger partial charge in [0.1, 0.15) is 0 Å². The summed E-state index contributed by atoms with van der Waals surface area (Å²) in [6.07, 6.45) is 1.63. The first-order valence-corrected chi connectivity index (χ1v) is 5.10. The lowest BCUT2D eigenvalue weighted by Gasteiger charge is -2.23. The Morgan fingerprint density at radius 2 is 2.69 bits per heavy atom. The summed E-state index contributed by atoms with van der Waals surface area (Å²) >= 11 is 0. The van der Waals surface area contributed by atoms with Crippen LogP contribution in [-0.4, -0.2) is 53.9 Å². The van der Waals surface area contributed by atoms with Gasteiger partial charge in [0.05, 0.1) is 32.6 Å². The summed E-state index contributed by atoms with van der Waals surface area (Å²) in [4.78, 5) is 11.1. The first-order valence-electron chi connectivity index (χ1n) is 5.10. The van der Waals surface area contributed by atoms with Gasteiger partial charge in [0, 0.05) is 13.1 Å². The molecular formula is C9H14N4O3. The number of hydrogen-bond donors (Lipinski definition) is 1. The van der Waals surface area contributed by atoms with Crippen LogP contribution in [0, 0.1) is 0 Å². The standard InChI is InChI=1S/C9H14N4O3/c1-15-9(14)8-6-13(12-11-8)5-7-4-10-2-3-16-7/h6-7,10H,2-5H2,1H3. The topological polar surface area (TPSA) is 78.3 Å². The minimum absolute atomic E-state index is 0.0703. The van der Waals surface area contributed by atoms with E-state index in [0.29, 0.717) is 13.2 Å². The molecule has 0 spiro atoms. The van der Waals surface area contributed by atoms with Crippen LogP contribution in [0.15, 0.2) is 6.20 Å². The van der Waals surface area contributed by atoms with Crippen LogP contribution in [0.4, 0.5) is 0 Å². The molecule has 1 unspecified atom stereocenters. The third-order valence-electron chi connectivity index (χ3n) is 2.33. The van der Waals surface area contributed by atoms with Crippen molar-refractivity contribution in [2.45, 2.75) is 12.6 Å². The number of rotatable bonds is 3. The SMILES string of the molecule is COC(=O)c1cn(CC2CNCCO2)nn1. The Hall–Kier alpha value is -1.47. The van der Waals surface area contributed by atoms with E-state index in [1.54, 1.807) is 10.9 Å². The number of hydrogen-bond acceptors (Lipinski definition) is 6. The minimum Gasteiger partial charge on any atom is -0.464 e. The number of nitrogens with one attached hydrogen (secondary N) is 1. The Labute approximate surface area is 92.7 Å². The second-order valence-electron chi connectivity index (χ2n) is 3.51. The normalized spacial score (nSPS) is 20.7. The van der Waals surface area contributed by atoms with Gasteiger partial charge in [-0.2, -0.15) is 0 Å². The van der Waals surface area contributed by atoms with Gasteiger partial charge in [0.2, 0.25) is 0 Å². The zero-order valence-corrected chi connectivity index (χ0v) is 9.05. The van der Waals surface area contributed by atoms with E-state index in [4.69, 9.17) is 4.74 Å². The molecule has 1 aromatic heterocycles. The summed E-state index contributed by atoms with van der Waals surface area (Å²) < 4.78 is 11.6. The van der Waals surface area contributed by atoms with Crippen molar-refractivity contribution < 1.29 is 14.3 Å². The number of carbonyl (C=O) groups excluding carboxylic acids is 1. The highest BCUT2D eigenvalue weighted by Gasteiger charge is 2.16. The van der Waals surface area contributed by atoms with Gasteiger partial charge in [-0.25, -0.2) is 9.48 Å². The molecule has 1 aliphatic heterocycles. The molecule has 1 aliphatic rings. The molecule has 1 aromatic rings. The Kier molecular flexibility index (Phi) is 3.47. The zero-order chi connectivity index (χ0) is 11.4. The maximum absolute atomic E-state index is 11.1. The smallest absolute Gasteiger partial charge is 0.360 e. The van der Waals surface area contributed by atoms with E-state index in [0.717, 1.165) is 13.1 Å². The summed E-state index contributed by atoms with van der Waals surface area (Å²) in [5.41, 5.74) is 0.214. The largest absolute Gasteiger partial charge is 0.464 e. The van der Waals surface area contributed by atoms with Gasteiger partial charge in [-0.3, -0.25) is 0 Å². The summed E-state index contributed by atoms with van der Waals surface area (Å²) in [5.74, 6) is -0.478. The maximum Gasteiger partial charge on any atom is 0.360 e. The van der Waals surface area contributed by atoms with Gasteiger partial charge in [-0.15, -0.1) is 5.10 Å². The van der Waals surface area contributed by atoms with E-state index in [1.165, 1.54) is 7.11 Å². The van der Waals surface area contributed by atoms with Crippen LogP contribution in [0.1, 0.15) is 10.5 Å². The number of methoxy groups -OCH3 is 1. The first-order chi connectivity index (χ1) is 7.79. The van der Waals surface area contributed by atoms with Crippen molar-refractivity contribution in [2.75, 3.05) is 26.8 Å². The highest BCUT2D eigenvalue weighted by Crippen LogP contribution is 2.01. The third kappa shape index (κ3) is 2.56. The van der Waals surface area contributed by atoms with Gasteiger partial charge >= 0.3 is 5.97 Å². The lowest BCUT2D eigenvalue weighted by atomic mass is 10.3. The van der Waals surface area contributed by atoms with E-state index >= 15 is 0 Å². The van der Waals surface area contributed by atoms with Crippen molar-refractivity contribution in [3.05, 3.63) is 11.9 Å². The van der Waals surface area contributed by atoms with Crippen LogP contribution in [0.5, 0.6) is 0 Å². The van der Waals surface area contributed by atoms with Crippen molar-refractivity contribution in [3.8, 4) is 0 Å². The van der Waals surface area contributed by atoms with Gasteiger partial charge in [0.15, 0.2) is 5.69 Å². The molecule has 1 fully saturated rings. The van der Waals surface area contributed by atoms with E-state index in [9.17, 15) is 4.79 Å². The molecule has 88 valence electrons. The highest BCUT2D eigenvalue weighted by atomic mass is 16.5. The lowest BCUT2D eigenvalue weighted by molar-refractivity contribution is 0.0158. The molecule has 1 atom stereocenters. The van der Waals surface area contributed by atoms with Crippen molar-refractivity contribution in [1.82, 2.24) is 20.3 Å². The van der Waals surface area contributed by atoms with Crippen LogP contribution < -0.4 is 5.32 Å². The van der Waals surface area contributed by atoms with Crippen LogP contribution in [0.2, 0.25) is 0 Å². The summed E-state index contributed by atoms with van der Waals surface area (Å²) in [6.45, 7) is 2.94. The molecule has 2 rings (SSSR count). The molecule has 7 nitrogen and oxygen atoms in total. The average molecular weight is 226 g/mol. The number of aromatic nitrogens is 3. The Bertz CT molecular complexity index is 359. The highest BCUT2D eigenvalue weighted by molar-refractivity contribution is 5.86. The number of esters is 1. The Balaban J connectivity index is 1.94. The molecule has 7 heteroatoms. The number of carbonyl (C=O) groups is 1. The molecule has 0 radical (unpaired) electrons. The molecule has 1 saturated heterocycles. The van der Waals surface area contributed by atoms with Gasteiger partial charge in [-0.05, 0) is 0 Å². The van der Waals surface area contributed by atoms with Gasteiger partial charge < -0.3 is 14.8 Å². The van der Waals surface area contributed by atoms with E-state index < -0.39 is 5.97 Å². The van der Waals surface area contributed by atoms with Crippen molar-refractivity contribution in [1.29, 1.82) is 0 Å². The molecule has 16 heavy (non-hydrogen) atoms. The quantitative estimate of drug-likeness (QED) is 0.670. The van der Waals surface area contributed by atoms with Crippen LogP contribution in [0.25, 0.3) is 0 Å². The zero-order valence-electron chi connectivity index (χ0n) is 9.05. The van der Waals surface area contributed by atoms with E-state index in [1.807, 2.05) is 0 Å². The molecule has 0 amide bonds. The fourth-order valence-corrected chi connectivity index (χ4v) is 1.53. The number of morpholine rings is 1. The monoisotopic (exact) mass is 226 g/mol. The minimum atomic E-state index is -0.478. The second kappa shape index (κ2) is 5.04. The Morgan fingerprint density at radius 1 is 1.81 bits per heavy atom. The van der Waals surface area contributed by atoms with Crippen molar-refractivity contribution >= 4 is 5.97 Å². The van der Waals surface area contributed by atoms with E-state index in [2.05, 4.69) is 20.4 Å². The molecule has 0 saturated carbocycles. The van der Waals surface area contributed by atoms with Crippen molar-refractivity contribution in [2.24, 2.45) is 0 Å². The van der Waals surface area contributed by atoms with Crippen molar-refractivity contribution in [3.63, 3.8) is 0 Å². The predicted molar refractivity (Wildman–Crippen MR) is 54.0 cm³/mol. The summed E-state index contributed by atoms with van der Waals surface area (Å²) in [7, 11) is 1.31. The summed E-state index contributed by atoms with van der Waals surface area (Å²) in [5, 5.41) is 10.8. The maximum atomic E-state index is 11.1. The second-order valence-corrected chi connectivity index (χ2v) is 3.51. The first kappa shape index (κ1) is 11.0.